The number of ketones is 2. The quantitative estimate of drug-likeness (QED) is 0.427. The third kappa shape index (κ3) is 8.64. The summed E-state index contributed by atoms with van der Waals surface area (Å²) in [4.78, 5) is 45.1. The standard InChI is InChI=1S/C15H20O8/c1-9(4-12(18)6-16)14(20)22-8-11(3)23-15(21)10(2)5-13(19)7-17/h4-5,11,16-17H,6-8H2,1-3H3. The summed E-state index contributed by atoms with van der Waals surface area (Å²) < 4.78 is 9.79. The van der Waals surface area contributed by atoms with E-state index in [-0.39, 0.29) is 17.8 Å². The average Bonchev–Trinajstić information content (AvgIpc) is 2.51. The van der Waals surface area contributed by atoms with Gasteiger partial charge in [-0.15, -0.1) is 0 Å². The van der Waals surface area contributed by atoms with Gasteiger partial charge in [-0.2, -0.15) is 0 Å². The van der Waals surface area contributed by atoms with Crippen molar-refractivity contribution < 1.29 is 38.9 Å². The number of rotatable bonds is 9. The molecule has 0 bridgehead atoms. The van der Waals surface area contributed by atoms with Crippen molar-refractivity contribution in [3.05, 3.63) is 23.3 Å². The molecule has 1 unspecified atom stereocenters. The molecule has 0 fully saturated rings. The van der Waals surface area contributed by atoms with E-state index in [1.807, 2.05) is 0 Å². The summed E-state index contributed by atoms with van der Waals surface area (Å²) in [5.74, 6) is -2.82. The van der Waals surface area contributed by atoms with Crippen LogP contribution in [0.1, 0.15) is 20.8 Å². The fraction of sp³-hybridized carbons (Fsp3) is 0.467. The molecule has 0 aromatic rings. The number of carbonyl (C=O) groups excluding carboxylic acids is 4. The summed E-state index contributed by atoms with van der Waals surface area (Å²) in [6.07, 6.45) is 1.13. The highest BCUT2D eigenvalue weighted by Crippen LogP contribution is 2.04. The molecule has 0 spiro atoms. The highest BCUT2D eigenvalue weighted by Gasteiger charge is 2.15. The van der Waals surface area contributed by atoms with E-state index in [9.17, 15) is 19.2 Å². The van der Waals surface area contributed by atoms with Gasteiger partial charge in [-0.25, -0.2) is 9.59 Å². The predicted molar refractivity (Wildman–Crippen MR) is 78.2 cm³/mol. The first-order valence-electron chi connectivity index (χ1n) is 6.73. The van der Waals surface area contributed by atoms with Crippen LogP contribution in [0.25, 0.3) is 0 Å². The molecule has 23 heavy (non-hydrogen) atoms. The molecule has 0 saturated carbocycles. The molecule has 8 nitrogen and oxygen atoms in total. The predicted octanol–water partition coefficient (Wildman–Crippen LogP) is -0.523. The number of ether oxygens (including phenoxy) is 2. The lowest BCUT2D eigenvalue weighted by atomic mass is 10.2. The van der Waals surface area contributed by atoms with Crippen molar-refractivity contribution >= 4 is 23.5 Å². The molecule has 0 aromatic carbocycles. The van der Waals surface area contributed by atoms with Crippen LogP contribution in [0.3, 0.4) is 0 Å². The molecule has 0 radical (unpaired) electrons. The van der Waals surface area contributed by atoms with Gasteiger partial charge in [0.25, 0.3) is 0 Å². The van der Waals surface area contributed by atoms with Crippen LogP contribution in [0.2, 0.25) is 0 Å². The Morgan fingerprint density at radius 3 is 1.78 bits per heavy atom. The van der Waals surface area contributed by atoms with Crippen molar-refractivity contribution in [1.82, 2.24) is 0 Å². The van der Waals surface area contributed by atoms with Gasteiger partial charge in [0.1, 0.15) is 25.9 Å². The molecule has 0 saturated heterocycles. The second kappa shape index (κ2) is 10.4. The Morgan fingerprint density at radius 2 is 1.35 bits per heavy atom. The van der Waals surface area contributed by atoms with E-state index in [0.29, 0.717) is 0 Å². The molecule has 0 rings (SSSR count). The van der Waals surface area contributed by atoms with E-state index in [1.54, 1.807) is 0 Å². The monoisotopic (exact) mass is 328 g/mol. The second-order valence-corrected chi connectivity index (χ2v) is 4.72. The molecule has 0 aliphatic carbocycles. The Bertz CT molecular complexity index is 530. The van der Waals surface area contributed by atoms with Crippen molar-refractivity contribution in [2.75, 3.05) is 19.8 Å². The van der Waals surface area contributed by atoms with Gasteiger partial charge in [0.15, 0.2) is 11.6 Å². The van der Waals surface area contributed by atoms with Crippen LogP contribution in [0.15, 0.2) is 23.3 Å². The molecule has 0 aliphatic heterocycles. The Morgan fingerprint density at radius 1 is 0.913 bits per heavy atom. The molecule has 0 amide bonds. The molecule has 0 aliphatic rings. The zero-order valence-corrected chi connectivity index (χ0v) is 13.2. The van der Waals surface area contributed by atoms with Gasteiger partial charge in [-0.1, -0.05) is 0 Å². The highest BCUT2D eigenvalue weighted by atomic mass is 16.6. The lowest BCUT2D eigenvalue weighted by molar-refractivity contribution is -0.152. The number of carbonyl (C=O) groups is 4. The summed E-state index contributed by atoms with van der Waals surface area (Å²) >= 11 is 0. The zero-order chi connectivity index (χ0) is 18.0. The summed E-state index contributed by atoms with van der Waals surface area (Å²) in [6.45, 7) is 2.50. The van der Waals surface area contributed by atoms with E-state index < -0.39 is 42.8 Å². The van der Waals surface area contributed by atoms with Crippen LogP contribution in [0.5, 0.6) is 0 Å². The number of aliphatic hydroxyl groups is 2. The van der Waals surface area contributed by atoms with Crippen LogP contribution in [0.4, 0.5) is 0 Å². The van der Waals surface area contributed by atoms with Gasteiger partial charge in [0, 0.05) is 11.1 Å². The Balaban J connectivity index is 4.43. The van der Waals surface area contributed by atoms with Crippen LogP contribution >= 0.6 is 0 Å². The first-order chi connectivity index (χ1) is 10.7. The normalized spacial score (nSPS) is 13.3. The summed E-state index contributed by atoms with van der Waals surface area (Å²) in [7, 11) is 0. The molecule has 8 heteroatoms. The number of hydrogen-bond donors (Lipinski definition) is 2. The van der Waals surface area contributed by atoms with Gasteiger partial charge in [-0.3, -0.25) is 9.59 Å². The molecule has 0 heterocycles. The van der Waals surface area contributed by atoms with E-state index in [2.05, 4.69) is 0 Å². The fourth-order valence-electron chi connectivity index (χ4n) is 1.31. The largest absolute Gasteiger partial charge is 0.458 e. The topological polar surface area (TPSA) is 127 Å². The van der Waals surface area contributed by atoms with E-state index in [1.165, 1.54) is 20.8 Å². The second-order valence-electron chi connectivity index (χ2n) is 4.72. The van der Waals surface area contributed by atoms with Gasteiger partial charge in [0.05, 0.1) is 0 Å². The maximum absolute atomic E-state index is 11.6. The molecule has 2 N–H and O–H groups in total. The minimum absolute atomic E-state index is 0.00634. The number of hydrogen-bond acceptors (Lipinski definition) is 8. The molecule has 1 atom stereocenters. The van der Waals surface area contributed by atoms with Crippen molar-refractivity contribution in [3.8, 4) is 0 Å². The molecule has 0 aromatic heterocycles. The molecule has 128 valence electrons. The SMILES string of the molecule is CC(=CC(=O)CO)C(=O)OCC(C)OC(=O)C(C)=CC(=O)CO. The Kier molecular flexibility index (Phi) is 9.36. The van der Waals surface area contributed by atoms with Gasteiger partial charge >= 0.3 is 11.9 Å². The third-order valence-electron chi connectivity index (χ3n) is 2.47. The lowest BCUT2D eigenvalue weighted by Crippen LogP contribution is -2.23. The first-order valence-corrected chi connectivity index (χ1v) is 6.73. The van der Waals surface area contributed by atoms with E-state index in [4.69, 9.17) is 19.7 Å². The van der Waals surface area contributed by atoms with Crippen molar-refractivity contribution in [2.24, 2.45) is 0 Å². The molecular formula is C15H20O8. The van der Waals surface area contributed by atoms with E-state index >= 15 is 0 Å². The van der Waals surface area contributed by atoms with Crippen molar-refractivity contribution in [2.45, 2.75) is 26.9 Å². The number of aliphatic hydroxyl groups excluding tert-OH is 2. The van der Waals surface area contributed by atoms with Crippen LogP contribution in [0, 0.1) is 0 Å². The number of esters is 2. The summed E-state index contributed by atoms with van der Waals surface area (Å²) in [5.41, 5.74) is 0.0130. The first kappa shape index (κ1) is 20.7. The maximum Gasteiger partial charge on any atom is 0.334 e. The Labute approximate surface area is 133 Å². The third-order valence-corrected chi connectivity index (χ3v) is 2.47. The fourth-order valence-corrected chi connectivity index (χ4v) is 1.31. The minimum atomic E-state index is -0.780. The van der Waals surface area contributed by atoms with Crippen LogP contribution in [-0.2, 0) is 28.7 Å². The zero-order valence-electron chi connectivity index (χ0n) is 13.2. The van der Waals surface area contributed by atoms with Crippen LogP contribution in [-0.4, -0.2) is 59.6 Å². The lowest BCUT2D eigenvalue weighted by Gasteiger charge is -2.14. The van der Waals surface area contributed by atoms with Gasteiger partial charge in [0.2, 0.25) is 0 Å². The molecular weight excluding hydrogens is 308 g/mol. The Hall–Kier alpha value is -2.32. The van der Waals surface area contributed by atoms with E-state index in [0.717, 1.165) is 12.2 Å². The minimum Gasteiger partial charge on any atom is -0.458 e. The van der Waals surface area contributed by atoms with Gasteiger partial charge < -0.3 is 19.7 Å². The summed E-state index contributed by atoms with van der Waals surface area (Å²) in [6, 6.07) is 0. The average molecular weight is 328 g/mol. The highest BCUT2D eigenvalue weighted by molar-refractivity contribution is 6.00. The maximum atomic E-state index is 11.6. The smallest absolute Gasteiger partial charge is 0.334 e. The van der Waals surface area contributed by atoms with Crippen LogP contribution < -0.4 is 0 Å². The van der Waals surface area contributed by atoms with Gasteiger partial charge in [-0.05, 0) is 32.9 Å². The van der Waals surface area contributed by atoms with Crippen molar-refractivity contribution in [1.29, 1.82) is 0 Å². The van der Waals surface area contributed by atoms with Crippen molar-refractivity contribution in [3.63, 3.8) is 0 Å². The summed E-state index contributed by atoms with van der Waals surface area (Å²) in [5, 5.41) is 17.1.